The van der Waals surface area contributed by atoms with Crippen molar-refractivity contribution < 1.29 is 21.9 Å². The zero-order valence-corrected chi connectivity index (χ0v) is 17.3. The van der Waals surface area contributed by atoms with Crippen LogP contribution in [-0.4, -0.2) is 36.4 Å². The number of hydrogen-bond donors (Lipinski definition) is 3. The molecule has 11 heteroatoms. The molecule has 2 atom stereocenters. The van der Waals surface area contributed by atoms with Gasteiger partial charge < -0.3 is 15.2 Å². The fraction of sp³-hybridized carbons (Fsp3) is 0.250. The second-order valence-electron chi connectivity index (χ2n) is 6.49. The predicted molar refractivity (Wildman–Crippen MR) is 112 cm³/mol. The zero-order valence-electron chi connectivity index (χ0n) is 16.5. The molecule has 31 heavy (non-hydrogen) atoms. The summed E-state index contributed by atoms with van der Waals surface area (Å²) in [5.74, 6) is 5.49. The monoisotopic (exact) mass is 449 g/mol. The molecule has 3 aromatic rings. The van der Waals surface area contributed by atoms with Crippen LogP contribution in [0.25, 0.3) is 11.0 Å². The molecule has 3 N–H and O–H groups in total. The molecule has 0 radical (unpaired) electrons. The number of halogens is 3. The number of anilines is 2. The van der Waals surface area contributed by atoms with Crippen LogP contribution in [0.4, 0.5) is 24.9 Å². The van der Waals surface area contributed by atoms with Gasteiger partial charge in [0.05, 0.1) is 16.5 Å². The Morgan fingerprint density at radius 3 is 2.45 bits per heavy atom. The Balaban J connectivity index is 1.94. The minimum absolute atomic E-state index is 0.0668. The molecule has 3 rings (SSSR count). The van der Waals surface area contributed by atoms with Crippen molar-refractivity contribution in [3.63, 3.8) is 0 Å². The molecule has 0 fully saturated rings. The van der Waals surface area contributed by atoms with Gasteiger partial charge in [-0.1, -0.05) is 18.1 Å². The molecule has 0 spiro atoms. The van der Waals surface area contributed by atoms with Crippen molar-refractivity contribution >= 4 is 33.9 Å². The van der Waals surface area contributed by atoms with Crippen LogP contribution in [0.3, 0.4) is 0 Å². The number of alkyl halides is 3. The number of fused-ring (bicyclic) bond motifs is 1. The first-order valence-corrected chi connectivity index (χ1v) is 10.2. The summed E-state index contributed by atoms with van der Waals surface area (Å²) in [7, 11) is 0. The quantitative estimate of drug-likeness (QED) is 0.384. The molecule has 2 unspecified atom stereocenters. The van der Waals surface area contributed by atoms with Gasteiger partial charge >= 0.3 is 6.18 Å². The van der Waals surface area contributed by atoms with Gasteiger partial charge in [-0.2, -0.15) is 18.2 Å². The highest BCUT2D eigenvalue weighted by Crippen LogP contribution is 2.25. The van der Waals surface area contributed by atoms with Crippen LogP contribution in [0, 0.1) is 11.8 Å². The third-order valence-corrected chi connectivity index (χ3v) is 4.85. The summed E-state index contributed by atoms with van der Waals surface area (Å²) < 4.78 is 58.5. The van der Waals surface area contributed by atoms with Crippen molar-refractivity contribution in [3.05, 3.63) is 47.7 Å². The Hall–Kier alpha value is -3.23. The van der Waals surface area contributed by atoms with Crippen molar-refractivity contribution in [2.75, 3.05) is 17.2 Å². The molecule has 0 aliphatic heterocycles. The number of nitrogens with zero attached hydrogens (tertiary/aromatic N) is 3. The molecule has 162 valence electrons. The Bertz CT molecular complexity index is 1170. The van der Waals surface area contributed by atoms with E-state index >= 15 is 0 Å². The average molecular weight is 449 g/mol. The lowest BCUT2D eigenvalue weighted by Crippen LogP contribution is -2.22. The highest BCUT2D eigenvalue weighted by Gasteiger charge is 2.27. The largest absolute Gasteiger partial charge is 0.405 e. The van der Waals surface area contributed by atoms with E-state index in [1.807, 2.05) is 0 Å². The molecular weight excluding hydrogens is 431 g/mol. The van der Waals surface area contributed by atoms with Gasteiger partial charge in [-0.15, -0.1) is 0 Å². The fourth-order valence-electron chi connectivity index (χ4n) is 2.73. The van der Waals surface area contributed by atoms with Gasteiger partial charge in [-0.05, 0) is 49.6 Å². The first-order valence-electron chi connectivity index (χ1n) is 9.06. The van der Waals surface area contributed by atoms with Crippen LogP contribution in [0.1, 0.15) is 31.1 Å². The first-order chi connectivity index (χ1) is 14.7. The zero-order chi connectivity index (χ0) is 22.6. The van der Waals surface area contributed by atoms with Crippen molar-refractivity contribution in [2.45, 2.75) is 31.0 Å². The number of benzene rings is 1. The predicted octanol–water partition coefficient (Wildman–Crippen LogP) is 4.12. The molecular formula is C20H18F3N5O2S. The molecule has 0 saturated carbocycles. The Morgan fingerprint density at radius 1 is 1.13 bits per heavy atom. The van der Waals surface area contributed by atoms with Crippen molar-refractivity contribution in [2.24, 2.45) is 0 Å². The normalized spacial score (nSPS) is 13.2. The fourth-order valence-corrected chi connectivity index (χ4v) is 3.10. The van der Waals surface area contributed by atoms with Gasteiger partial charge in [0.25, 0.3) is 0 Å². The van der Waals surface area contributed by atoms with E-state index in [4.69, 9.17) is 4.55 Å². The van der Waals surface area contributed by atoms with Crippen LogP contribution in [0.2, 0.25) is 0 Å². The van der Waals surface area contributed by atoms with Gasteiger partial charge in [0.15, 0.2) is 16.9 Å². The van der Waals surface area contributed by atoms with E-state index in [9.17, 15) is 17.4 Å². The third-order valence-electron chi connectivity index (χ3n) is 4.18. The van der Waals surface area contributed by atoms with Crippen LogP contribution in [-0.2, 0) is 11.1 Å². The number of pyridine rings is 1. The lowest BCUT2D eigenvalue weighted by molar-refractivity contribution is -0.115. The Kier molecular flexibility index (Phi) is 6.72. The van der Waals surface area contributed by atoms with Gasteiger partial charge in [-0.3, -0.25) is 0 Å². The maximum atomic E-state index is 12.8. The summed E-state index contributed by atoms with van der Waals surface area (Å²) in [6, 6.07) is 9.28. The number of aromatic nitrogens is 3. The maximum Gasteiger partial charge on any atom is 0.405 e. The van der Waals surface area contributed by atoms with E-state index in [0.717, 1.165) is 5.56 Å². The van der Waals surface area contributed by atoms with Gasteiger partial charge in [-0.25, -0.2) is 14.2 Å². The van der Waals surface area contributed by atoms with Gasteiger partial charge in [0.2, 0.25) is 5.95 Å². The van der Waals surface area contributed by atoms with E-state index in [2.05, 4.69) is 37.4 Å². The van der Waals surface area contributed by atoms with E-state index in [0.29, 0.717) is 11.2 Å². The molecule has 0 aliphatic carbocycles. The minimum atomic E-state index is -4.44. The van der Waals surface area contributed by atoms with Crippen molar-refractivity contribution in [1.82, 2.24) is 15.0 Å². The van der Waals surface area contributed by atoms with E-state index in [-0.39, 0.29) is 28.2 Å². The number of rotatable bonds is 6. The van der Waals surface area contributed by atoms with E-state index in [1.165, 1.54) is 12.1 Å². The van der Waals surface area contributed by atoms with Crippen LogP contribution in [0.5, 0.6) is 0 Å². The van der Waals surface area contributed by atoms with Crippen LogP contribution >= 0.6 is 0 Å². The summed E-state index contributed by atoms with van der Waals surface area (Å²) in [5, 5.41) is 5.32. The number of nitrogens with one attached hydrogen (secondary N) is 2. The second-order valence-corrected chi connectivity index (χ2v) is 7.46. The smallest absolute Gasteiger partial charge is 0.359 e. The Labute approximate surface area is 178 Å². The van der Waals surface area contributed by atoms with Gasteiger partial charge in [0.1, 0.15) is 17.8 Å². The Morgan fingerprint density at radius 2 is 1.84 bits per heavy atom. The highest BCUT2D eigenvalue weighted by molar-refractivity contribution is 7.79. The lowest BCUT2D eigenvalue weighted by Gasteiger charge is -2.17. The van der Waals surface area contributed by atoms with Gasteiger partial charge in [0, 0.05) is 0 Å². The van der Waals surface area contributed by atoms with E-state index in [1.54, 1.807) is 38.1 Å². The molecule has 0 aliphatic rings. The maximum absolute atomic E-state index is 12.8. The molecule has 2 aromatic heterocycles. The lowest BCUT2D eigenvalue weighted by atomic mass is 10.1. The second kappa shape index (κ2) is 9.28. The van der Waals surface area contributed by atoms with Crippen molar-refractivity contribution in [1.29, 1.82) is 0 Å². The molecule has 0 amide bonds. The standard InChI is InChI=1S/C20H18F3N5O2S/c1-3-4-14-7-10-16-17(26-14)18(24-11-20(21,22)23)28-19(27-16)25-12(2)13-5-8-15(9-6-13)31(29)30/h5-10,12H,11H2,1-2H3,(H,29,30)(H2,24,25,27,28). The summed E-state index contributed by atoms with van der Waals surface area (Å²) in [6.07, 6.45) is -4.44. The first kappa shape index (κ1) is 22.5. The number of hydrogen-bond acceptors (Lipinski definition) is 6. The average Bonchev–Trinajstić information content (AvgIpc) is 2.72. The van der Waals surface area contributed by atoms with Crippen LogP contribution in [0.15, 0.2) is 41.3 Å². The summed E-state index contributed by atoms with van der Waals surface area (Å²) in [5.41, 5.74) is 1.69. The minimum Gasteiger partial charge on any atom is -0.359 e. The molecule has 7 nitrogen and oxygen atoms in total. The summed E-state index contributed by atoms with van der Waals surface area (Å²) >= 11 is -2.08. The highest BCUT2D eigenvalue weighted by atomic mass is 32.2. The third kappa shape index (κ3) is 5.90. The van der Waals surface area contributed by atoms with Crippen LogP contribution < -0.4 is 10.6 Å². The summed E-state index contributed by atoms with van der Waals surface area (Å²) in [6.45, 7) is 2.16. The molecule has 2 heterocycles. The SMILES string of the molecule is CC#Cc1ccc2nc(NC(C)c3ccc(S(=O)O)cc3)nc(NCC(F)(F)F)c2n1. The summed E-state index contributed by atoms with van der Waals surface area (Å²) in [4.78, 5) is 13.1. The molecule has 0 bridgehead atoms. The molecule has 0 saturated heterocycles. The molecule has 1 aromatic carbocycles. The van der Waals surface area contributed by atoms with E-state index < -0.39 is 23.8 Å². The van der Waals surface area contributed by atoms with Crippen molar-refractivity contribution in [3.8, 4) is 11.8 Å². The topological polar surface area (TPSA) is 100 Å².